The Balaban J connectivity index is 1.93. The van der Waals surface area contributed by atoms with E-state index in [4.69, 9.17) is 0 Å². The van der Waals surface area contributed by atoms with Gasteiger partial charge in [0, 0.05) is 11.8 Å². The molecule has 0 unspecified atom stereocenters. The summed E-state index contributed by atoms with van der Waals surface area (Å²) in [6.45, 7) is 0. The van der Waals surface area contributed by atoms with Crippen LogP contribution in [-0.2, 0) is 26.8 Å². The highest BCUT2D eigenvalue weighted by Gasteiger charge is 2.22. The summed E-state index contributed by atoms with van der Waals surface area (Å²) >= 11 is 0. The summed E-state index contributed by atoms with van der Waals surface area (Å²) in [5.41, 5.74) is 1.21. The first-order chi connectivity index (χ1) is 10.3. The van der Waals surface area contributed by atoms with Gasteiger partial charge < -0.3 is 5.32 Å². The van der Waals surface area contributed by atoms with E-state index in [9.17, 15) is 22.0 Å². The predicted octanol–water partition coefficient (Wildman–Crippen LogP) is 2.43. The van der Waals surface area contributed by atoms with Crippen molar-refractivity contribution in [3.63, 3.8) is 0 Å². The summed E-state index contributed by atoms with van der Waals surface area (Å²) in [6.07, 6.45) is 0.118. The van der Waals surface area contributed by atoms with Gasteiger partial charge in [0.05, 0.1) is 17.1 Å². The maximum absolute atomic E-state index is 13.1. The number of amides is 1. The number of anilines is 1. The second kappa shape index (κ2) is 5.17. The smallest absolute Gasteiger partial charge is 0.228 e. The maximum Gasteiger partial charge on any atom is 0.228 e. The summed E-state index contributed by atoms with van der Waals surface area (Å²) < 4.78 is 51.0. The van der Waals surface area contributed by atoms with Crippen LogP contribution in [0, 0.1) is 11.6 Å². The molecular weight excluding hydrogens is 312 g/mol. The number of fused-ring (bicyclic) bond motifs is 1. The minimum Gasteiger partial charge on any atom is -0.326 e. The molecular formula is C15H11F2NO3S. The molecule has 2 aromatic rings. The molecule has 1 aliphatic rings. The summed E-state index contributed by atoms with van der Waals surface area (Å²) in [4.78, 5) is 11.3. The molecule has 1 heterocycles. The van der Waals surface area contributed by atoms with E-state index in [-0.39, 0.29) is 22.8 Å². The molecule has 0 fully saturated rings. The van der Waals surface area contributed by atoms with Crippen molar-refractivity contribution in [3.05, 3.63) is 59.2 Å². The number of sulfone groups is 1. The van der Waals surface area contributed by atoms with Crippen molar-refractivity contribution >= 4 is 21.4 Å². The highest BCUT2D eigenvalue weighted by Crippen LogP contribution is 2.27. The molecule has 22 heavy (non-hydrogen) atoms. The van der Waals surface area contributed by atoms with Crippen LogP contribution < -0.4 is 5.32 Å². The van der Waals surface area contributed by atoms with E-state index in [0.29, 0.717) is 17.3 Å². The lowest BCUT2D eigenvalue weighted by Gasteiger charge is -2.07. The molecule has 1 aliphatic heterocycles. The summed E-state index contributed by atoms with van der Waals surface area (Å²) in [5, 5.41) is 2.61. The second-order valence-electron chi connectivity index (χ2n) is 5.08. The zero-order chi connectivity index (χ0) is 15.9. The Kier molecular flexibility index (Phi) is 3.44. The van der Waals surface area contributed by atoms with Gasteiger partial charge in [-0.05, 0) is 41.5 Å². The topological polar surface area (TPSA) is 63.2 Å². The van der Waals surface area contributed by atoms with Gasteiger partial charge in [-0.1, -0.05) is 0 Å². The lowest BCUT2D eigenvalue weighted by molar-refractivity contribution is -0.115. The number of rotatable bonds is 3. The zero-order valence-corrected chi connectivity index (χ0v) is 12.1. The number of hydrogen-bond acceptors (Lipinski definition) is 3. The lowest BCUT2D eigenvalue weighted by Crippen LogP contribution is -2.06. The van der Waals surface area contributed by atoms with Crippen LogP contribution >= 0.6 is 0 Å². The molecule has 1 amide bonds. The van der Waals surface area contributed by atoms with Crippen LogP contribution in [0.2, 0.25) is 0 Å². The SMILES string of the molecule is O=C1Cc2cc(S(=O)(=O)Cc3cc(F)cc(F)c3)ccc2N1. The standard InChI is InChI=1S/C15H11F2NO3S/c16-11-3-9(4-12(17)7-11)8-22(20,21)13-1-2-14-10(5-13)6-15(19)18-14/h1-5,7H,6,8H2,(H,18,19). The van der Waals surface area contributed by atoms with Crippen LogP contribution in [0.5, 0.6) is 0 Å². The Hall–Kier alpha value is -2.28. The summed E-state index contributed by atoms with van der Waals surface area (Å²) in [7, 11) is -3.76. The minimum atomic E-state index is -3.76. The first-order valence-electron chi connectivity index (χ1n) is 6.44. The third-order valence-corrected chi connectivity index (χ3v) is 5.03. The number of carbonyl (C=O) groups excluding carboxylic acids is 1. The Labute approximate surface area is 125 Å². The first kappa shape index (κ1) is 14.6. The minimum absolute atomic E-state index is 0.0208. The second-order valence-corrected chi connectivity index (χ2v) is 7.07. The predicted molar refractivity (Wildman–Crippen MR) is 76.0 cm³/mol. The Bertz CT molecular complexity index is 858. The summed E-state index contributed by atoms with van der Waals surface area (Å²) in [6, 6.07) is 6.95. The van der Waals surface area contributed by atoms with E-state index < -0.39 is 27.2 Å². The van der Waals surface area contributed by atoms with Crippen LogP contribution in [-0.4, -0.2) is 14.3 Å². The van der Waals surface area contributed by atoms with Crippen molar-refractivity contribution in [2.45, 2.75) is 17.1 Å². The van der Waals surface area contributed by atoms with Crippen molar-refractivity contribution in [3.8, 4) is 0 Å². The Morgan fingerprint density at radius 2 is 1.73 bits per heavy atom. The van der Waals surface area contributed by atoms with Crippen molar-refractivity contribution in [1.82, 2.24) is 0 Å². The van der Waals surface area contributed by atoms with E-state index in [1.807, 2.05) is 0 Å². The molecule has 4 nitrogen and oxygen atoms in total. The van der Waals surface area contributed by atoms with Gasteiger partial charge in [0.2, 0.25) is 5.91 Å². The van der Waals surface area contributed by atoms with Crippen molar-refractivity contribution in [2.75, 3.05) is 5.32 Å². The van der Waals surface area contributed by atoms with E-state index >= 15 is 0 Å². The first-order valence-corrected chi connectivity index (χ1v) is 8.09. The van der Waals surface area contributed by atoms with Crippen LogP contribution in [0.4, 0.5) is 14.5 Å². The molecule has 0 bridgehead atoms. The Morgan fingerprint density at radius 1 is 1.05 bits per heavy atom. The zero-order valence-electron chi connectivity index (χ0n) is 11.3. The van der Waals surface area contributed by atoms with E-state index in [2.05, 4.69) is 5.32 Å². The van der Waals surface area contributed by atoms with Crippen molar-refractivity contribution in [1.29, 1.82) is 0 Å². The molecule has 0 radical (unpaired) electrons. The maximum atomic E-state index is 13.1. The van der Waals surface area contributed by atoms with Gasteiger partial charge in [0.1, 0.15) is 11.6 Å². The number of carbonyl (C=O) groups is 1. The van der Waals surface area contributed by atoms with E-state index in [1.165, 1.54) is 18.2 Å². The number of nitrogens with one attached hydrogen (secondary N) is 1. The molecule has 0 saturated carbocycles. The highest BCUT2D eigenvalue weighted by molar-refractivity contribution is 7.90. The fraction of sp³-hybridized carbons (Fsp3) is 0.133. The van der Waals surface area contributed by atoms with Crippen LogP contribution in [0.25, 0.3) is 0 Å². The molecule has 0 aliphatic carbocycles. The lowest BCUT2D eigenvalue weighted by atomic mass is 10.2. The molecule has 0 aromatic heterocycles. The normalized spacial score (nSPS) is 13.8. The number of benzene rings is 2. The molecule has 2 aromatic carbocycles. The van der Waals surface area contributed by atoms with Gasteiger partial charge in [-0.15, -0.1) is 0 Å². The average Bonchev–Trinajstić information content (AvgIpc) is 2.75. The van der Waals surface area contributed by atoms with E-state index in [0.717, 1.165) is 12.1 Å². The number of hydrogen-bond donors (Lipinski definition) is 1. The average molecular weight is 323 g/mol. The van der Waals surface area contributed by atoms with Gasteiger partial charge in [-0.25, -0.2) is 17.2 Å². The third kappa shape index (κ3) is 2.85. The van der Waals surface area contributed by atoms with Gasteiger partial charge in [0.25, 0.3) is 0 Å². The molecule has 114 valence electrons. The number of halogens is 2. The van der Waals surface area contributed by atoms with Crippen LogP contribution in [0.1, 0.15) is 11.1 Å². The van der Waals surface area contributed by atoms with Gasteiger partial charge in [-0.3, -0.25) is 4.79 Å². The van der Waals surface area contributed by atoms with Crippen molar-refractivity contribution < 1.29 is 22.0 Å². The molecule has 0 saturated heterocycles. The monoisotopic (exact) mass is 323 g/mol. The molecule has 0 atom stereocenters. The fourth-order valence-electron chi connectivity index (χ4n) is 2.40. The van der Waals surface area contributed by atoms with Crippen molar-refractivity contribution in [2.24, 2.45) is 0 Å². The van der Waals surface area contributed by atoms with E-state index in [1.54, 1.807) is 0 Å². The van der Waals surface area contributed by atoms with Crippen LogP contribution in [0.15, 0.2) is 41.3 Å². The third-order valence-electron chi connectivity index (χ3n) is 3.34. The molecule has 0 spiro atoms. The largest absolute Gasteiger partial charge is 0.326 e. The molecule has 7 heteroatoms. The Morgan fingerprint density at radius 3 is 2.41 bits per heavy atom. The van der Waals surface area contributed by atoms with Gasteiger partial charge in [0.15, 0.2) is 9.84 Å². The van der Waals surface area contributed by atoms with Crippen LogP contribution in [0.3, 0.4) is 0 Å². The molecule has 1 N–H and O–H groups in total. The quantitative estimate of drug-likeness (QED) is 0.943. The van der Waals surface area contributed by atoms with Gasteiger partial charge in [-0.2, -0.15) is 0 Å². The highest BCUT2D eigenvalue weighted by atomic mass is 32.2. The fourth-order valence-corrected chi connectivity index (χ4v) is 3.77. The molecule has 3 rings (SSSR count). The summed E-state index contributed by atoms with van der Waals surface area (Å²) in [5.74, 6) is -2.36. The van der Waals surface area contributed by atoms with Gasteiger partial charge >= 0.3 is 0 Å².